The van der Waals surface area contributed by atoms with Crippen molar-refractivity contribution in [1.29, 1.82) is 0 Å². The Hall–Kier alpha value is -3.10. The van der Waals surface area contributed by atoms with E-state index in [9.17, 15) is 13.2 Å². The van der Waals surface area contributed by atoms with E-state index in [0.29, 0.717) is 22.8 Å². The lowest BCUT2D eigenvalue weighted by molar-refractivity contribution is 0.102. The summed E-state index contributed by atoms with van der Waals surface area (Å²) in [5, 5.41) is 2.75. The number of anilines is 1. The van der Waals surface area contributed by atoms with Crippen LogP contribution in [0, 0.1) is 0 Å². The molecule has 0 unspecified atom stereocenters. The molecule has 2 aromatic carbocycles. The van der Waals surface area contributed by atoms with Crippen LogP contribution in [0.2, 0.25) is 0 Å². The van der Waals surface area contributed by atoms with Gasteiger partial charge in [-0.15, -0.1) is 0 Å². The van der Waals surface area contributed by atoms with E-state index >= 15 is 0 Å². The van der Waals surface area contributed by atoms with Crippen LogP contribution >= 0.6 is 0 Å². The lowest BCUT2D eigenvalue weighted by Crippen LogP contribution is -2.26. The molecule has 3 aromatic rings. The predicted octanol–water partition coefficient (Wildman–Crippen LogP) is 3.36. The van der Waals surface area contributed by atoms with Gasteiger partial charge in [-0.2, -0.15) is 4.31 Å². The SMILES string of the molecule is COc1ccccc1NC(=O)c1ccc(S(=O)(=O)N(C)Cc2ccco2)cc1. The van der Waals surface area contributed by atoms with Gasteiger partial charge in [-0.3, -0.25) is 4.79 Å². The Labute approximate surface area is 163 Å². The largest absolute Gasteiger partial charge is 0.495 e. The first-order chi connectivity index (χ1) is 13.4. The predicted molar refractivity (Wildman–Crippen MR) is 105 cm³/mol. The number of ether oxygens (including phenoxy) is 1. The number of carbonyl (C=O) groups is 1. The van der Waals surface area contributed by atoms with Crippen LogP contribution in [-0.4, -0.2) is 32.8 Å². The van der Waals surface area contributed by atoms with Gasteiger partial charge in [0.1, 0.15) is 11.5 Å². The Balaban J connectivity index is 1.74. The van der Waals surface area contributed by atoms with Crippen LogP contribution < -0.4 is 10.1 Å². The normalized spacial score (nSPS) is 11.4. The fraction of sp³-hybridized carbons (Fsp3) is 0.150. The highest BCUT2D eigenvalue weighted by Crippen LogP contribution is 2.24. The van der Waals surface area contributed by atoms with Gasteiger partial charge in [0.15, 0.2) is 0 Å². The molecule has 0 radical (unpaired) electrons. The molecule has 0 aliphatic heterocycles. The maximum Gasteiger partial charge on any atom is 0.255 e. The van der Waals surface area contributed by atoms with Crippen molar-refractivity contribution in [3.63, 3.8) is 0 Å². The van der Waals surface area contributed by atoms with Crippen LogP contribution in [0.1, 0.15) is 16.1 Å². The summed E-state index contributed by atoms with van der Waals surface area (Å²) in [6, 6.07) is 16.2. The topological polar surface area (TPSA) is 88.8 Å². The number of sulfonamides is 1. The Bertz CT molecular complexity index is 1040. The van der Waals surface area contributed by atoms with Gasteiger partial charge in [0.25, 0.3) is 5.91 Å². The third-order valence-electron chi connectivity index (χ3n) is 4.14. The second-order valence-electron chi connectivity index (χ2n) is 6.02. The summed E-state index contributed by atoms with van der Waals surface area (Å²) >= 11 is 0. The van der Waals surface area contributed by atoms with Crippen LogP contribution in [0.3, 0.4) is 0 Å². The summed E-state index contributed by atoms with van der Waals surface area (Å²) < 4.78 is 37.0. The van der Waals surface area contributed by atoms with E-state index in [4.69, 9.17) is 9.15 Å². The lowest BCUT2D eigenvalue weighted by atomic mass is 10.2. The van der Waals surface area contributed by atoms with E-state index in [1.165, 1.54) is 49.0 Å². The Morgan fingerprint density at radius 1 is 1.07 bits per heavy atom. The minimum Gasteiger partial charge on any atom is -0.495 e. The van der Waals surface area contributed by atoms with Gasteiger partial charge >= 0.3 is 0 Å². The number of hydrogen-bond acceptors (Lipinski definition) is 5. The van der Waals surface area contributed by atoms with Crippen molar-refractivity contribution < 1.29 is 22.4 Å². The molecule has 0 aliphatic rings. The summed E-state index contributed by atoms with van der Waals surface area (Å²) in [5.74, 6) is 0.714. The van der Waals surface area contributed by atoms with Crippen molar-refractivity contribution in [2.45, 2.75) is 11.4 Å². The summed E-state index contributed by atoms with van der Waals surface area (Å²) in [5.41, 5.74) is 0.864. The zero-order chi connectivity index (χ0) is 20.1. The van der Waals surface area contributed by atoms with Crippen LogP contribution in [0.5, 0.6) is 5.75 Å². The van der Waals surface area contributed by atoms with Crippen LogP contribution in [0.4, 0.5) is 5.69 Å². The Kier molecular flexibility index (Phi) is 5.81. The third-order valence-corrected chi connectivity index (χ3v) is 5.96. The number of hydrogen-bond donors (Lipinski definition) is 1. The third kappa shape index (κ3) is 4.24. The molecule has 1 amide bonds. The van der Waals surface area contributed by atoms with Crippen molar-refractivity contribution in [2.75, 3.05) is 19.5 Å². The van der Waals surface area contributed by atoms with E-state index in [2.05, 4.69) is 5.32 Å². The zero-order valence-electron chi connectivity index (χ0n) is 15.5. The Morgan fingerprint density at radius 2 is 1.79 bits per heavy atom. The monoisotopic (exact) mass is 400 g/mol. The molecule has 0 atom stereocenters. The molecule has 0 fully saturated rings. The van der Waals surface area contributed by atoms with E-state index in [0.717, 1.165) is 0 Å². The molecule has 0 saturated heterocycles. The van der Waals surface area contributed by atoms with Crippen LogP contribution in [-0.2, 0) is 16.6 Å². The number of nitrogens with one attached hydrogen (secondary N) is 1. The van der Waals surface area contributed by atoms with E-state index in [1.54, 1.807) is 36.4 Å². The van der Waals surface area contributed by atoms with Crippen molar-refractivity contribution in [3.05, 3.63) is 78.3 Å². The van der Waals surface area contributed by atoms with Gasteiger partial charge in [-0.05, 0) is 48.5 Å². The number of carbonyl (C=O) groups excluding carboxylic acids is 1. The number of rotatable bonds is 7. The van der Waals surface area contributed by atoms with E-state index in [1.807, 2.05) is 0 Å². The van der Waals surface area contributed by atoms with Gasteiger partial charge in [-0.25, -0.2) is 8.42 Å². The molecular weight excluding hydrogens is 380 g/mol. The molecule has 1 heterocycles. The second kappa shape index (κ2) is 8.28. The molecule has 7 nitrogen and oxygen atoms in total. The minimum atomic E-state index is -3.71. The molecular formula is C20H20N2O5S. The highest BCUT2D eigenvalue weighted by molar-refractivity contribution is 7.89. The van der Waals surface area contributed by atoms with Gasteiger partial charge < -0.3 is 14.5 Å². The minimum absolute atomic E-state index is 0.0930. The number of amides is 1. The number of furan rings is 1. The van der Waals surface area contributed by atoms with Gasteiger partial charge in [0, 0.05) is 12.6 Å². The molecule has 0 bridgehead atoms. The highest BCUT2D eigenvalue weighted by atomic mass is 32.2. The standard InChI is InChI=1S/C20H20N2O5S/c1-22(14-16-6-5-13-27-16)28(24,25)17-11-9-15(10-12-17)20(23)21-18-7-3-4-8-19(18)26-2/h3-13H,14H2,1-2H3,(H,21,23). The summed E-state index contributed by atoms with van der Waals surface area (Å²) in [4.78, 5) is 12.5. The average Bonchev–Trinajstić information content (AvgIpc) is 3.21. The number of para-hydroxylation sites is 2. The van der Waals surface area contributed by atoms with Crippen LogP contribution in [0.15, 0.2) is 76.2 Å². The molecule has 0 spiro atoms. The number of nitrogens with zero attached hydrogens (tertiary/aromatic N) is 1. The van der Waals surface area contributed by atoms with E-state index in [-0.39, 0.29) is 17.3 Å². The van der Waals surface area contributed by atoms with Gasteiger partial charge in [0.2, 0.25) is 10.0 Å². The molecule has 3 rings (SSSR count). The van der Waals surface area contributed by atoms with Gasteiger partial charge in [0.05, 0.1) is 30.5 Å². The molecule has 0 saturated carbocycles. The maximum absolute atomic E-state index is 12.7. The zero-order valence-corrected chi connectivity index (χ0v) is 16.3. The fourth-order valence-electron chi connectivity index (χ4n) is 2.61. The summed E-state index contributed by atoms with van der Waals surface area (Å²) in [6.07, 6.45) is 1.49. The number of benzene rings is 2. The van der Waals surface area contributed by atoms with Crippen molar-refractivity contribution in [1.82, 2.24) is 4.31 Å². The first kappa shape index (κ1) is 19.7. The first-order valence-electron chi connectivity index (χ1n) is 8.45. The quantitative estimate of drug-likeness (QED) is 0.657. The van der Waals surface area contributed by atoms with Crippen molar-refractivity contribution in [2.24, 2.45) is 0 Å². The fourth-order valence-corrected chi connectivity index (χ4v) is 3.74. The summed E-state index contributed by atoms with van der Waals surface area (Å²) in [7, 11) is -0.715. The van der Waals surface area contributed by atoms with Crippen molar-refractivity contribution >= 4 is 21.6 Å². The molecule has 28 heavy (non-hydrogen) atoms. The maximum atomic E-state index is 12.7. The molecule has 1 aromatic heterocycles. The van der Waals surface area contributed by atoms with Crippen LogP contribution in [0.25, 0.3) is 0 Å². The molecule has 146 valence electrons. The lowest BCUT2D eigenvalue weighted by Gasteiger charge is -2.16. The number of methoxy groups -OCH3 is 1. The molecule has 1 N–H and O–H groups in total. The molecule has 0 aliphatic carbocycles. The van der Waals surface area contributed by atoms with E-state index < -0.39 is 10.0 Å². The summed E-state index contributed by atoms with van der Waals surface area (Å²) in [6.45, 7) is 0.116. The highest BCUT2D eigenvalue weighted by Gasteiger charge is 2.22. The first-order valence-corrected chi connectivity index (χ1v) is 9.89. The van der Waals surface area contributed by atoms with Gasteiger partial charge in [-0.1, -0.05) is 12.1 Å². The van der Waals surface area contributed by atoms with Crippen molar-refractivity contribution in [3.8, 4) is 5.75 Å². The molecule has 8 heteroatoms. The smallest absolute Gasteiger partial charge is 0.255 e. The average molecular weight is 400 g/mol. The second-order valence-corrected chi connectivity index (χ2v) is 8.06. The Morgan fingerprint density at radius 3 is 2.43 bits per heavy atom.